The van der Waals surface area contributed by atoms with Crippen molar-refractivity contribution in [2.75, 3.05) is 26.3 Å². The summed E-state index contributed by atoms with van der Waals surface area (Å²) in [5.74, 6) is -1.16. The van der Waals surface area contributed by atoms with Crippen molar-refractivity contribution in [1.29, 1.82) is 0 Å². The molecule has 0 aromatic rings. The van der Waals surface area contributed by atoms with Gasteiger partial charge in [-0.25, -0.2) is 9.18 Å². The number of nitrogens with zero attached hydrogens (tertiary/aromatic N) is 1. The Hall–Kier alpha value is -0.680. The summed E-state index contributed by atoms with van der Waals surface area (Å²) < 4.78 is 18.7. The van der Waals surface area contributed by atoms with E-state index in [0.29, 0.717) is 12.6 Å². The molecule has 2 atom stereocenters. The molecule has 0 aromatic heterocycles. The number of ether oxygens (including phenoxy) is 1. The third-order valence-corrected chi connectivity index (χ3v) is 3.00. The second-order valence-electron chi connectivity index (χ2n) is 4.56. The summed E-state index contributed by atoms with van der Waals surface area (Å²) >= 11 is 0. The van der Waals surface area contributed by atoms with Crippen LogP contribution in [0.15, 0.2) is 0 Å². The van der Waals surface area contributed by atoms with E-state index in [2.05, 4.69) is 4.90 Å². The minimum absolute atomic E-state index is 0.158. The van der Waals surface area contributed by atoms with Crippen LogP contribution in [0.3, 0.4) is 0 Å². The molecule has 1 aliphatic heterocycles. The van der Waals surface area contributed by atoms with Crippen molar-refractivity contribution in [2.45, 2.75) is 32.5 Å². The standard InChI is InChI=1S/C11H20FNO3/c1-8(2)13-4-3-9(10(12)5-13)6-16-7-11(14)15/h8-10H,3-7H2,1-2H3,(H,14,15). The Balaban J connectivity index is 2.27. The van der Waals surface area contributed by atoms with E-state index in [0.717, 1.165) is 13.0 Å². The molecule has 0 saturated carbocycles. The molecule has 1 heterocycles. The monoisotopic (exact) mass is 233 g/mol. The lowest BCUT2D eigenvalue weighted by atomic mass is 9.95. The first-order chi connectivity index (χ1) is 7.50. The van der Waals surface area contributed by atoms with Crippen molar-refractivity contribution in [2.24, 2.45) is 5.92 Å². The summed E-state index contributed by atoms with van der Waals surface area (Å²) in [4.78, 5) is 12.3. The molecule has 0 bridgehead atoms. The second kappa shape index (κ2) is 6.15. The maximum Gasteiger partial charge on any atom is 0.329 e. The average Bonchev–Trinajstić information content (AvgIpc) is 2.19. The van der Waals surface area contributed by atoms with Crippen molar-refractivity contribution in [3.63, 3.8) is 0 Å². The van der Waals surface area contributed by atoms with Crippen molar-refractivity contribution in [1.82, 2.24) is 4.90 Å². The normalized spacial score (nSPS) is 27.2. The van der Waals surface area contributed by atoms with E-state index in [1.807, 2.05) is 13.8 Å². The quantitative estimate of drug-likeness (QED) is 0.774. The predicted molar refractivity (Wildman–Crippen MR) is 58.2 cm³/mol. The largest absolute Gasteiger partial charge is 0.480 e. The van der Waals surface area contributed by atoms with E-state index in [1.54, 1.807) is 0 Å². The number of aliphatic carboxylic acids is 1. The summed E-state index contributed by atoms with van der Waals surface area (Å²) in [6.07, 6.45) is -0.177. The Kier molecular flexibility index (Phi) is 5.15. The van der Waals surface area contributed by atoms with E-state index in [-0.39, 0.29) is 19.1 Å². The van der Waals surface area contributed by atoms with E-state index in [1.165, 1.54) is 0 Å². The number of hydrogen-bond acceptors (Lipinski definition) is 3. The zero-order valence-corrected chi connectivity index (χ0v) is 9.86. The summed E-state index contributed by atoms with van der Waals surface area (Å²) in [5.41, 5.74) is 0. The molecule has 4 nitrogen and oxygen atoms in total. The molecule has 0 spiro atoms. The Morgan fingerprint density at radius 2 is 2.31 bits per heavy atom. The van der Waals surface area contributed by atoms with Gasteiger partial charge in [0.25, 0.3) is 0 Å². The first-order valence-corrected chi connectivity index (χ1v) is 5.68. The van der Waals surface area contributed by atoms with Crippen LogP contribution in [-0.2, 0) is 9.53 Å². The van der Waals surface area contributed by atoms with Gasteiger partial charge in [-0.2, -0.15) is 0 Å². The van der Waals surface area contributed by atoms with Crippen molar-refractivity contribution >= 4 is 5.97 Å². The van der Waals surface area contributed by atoms with Crippen LogP contribution >= 0.6 is 0 Å². The number of rotatable bonds is 5. The minimum atomic E-state index is -1.00. The van der Waals surface area contributed by atoms with Crippen LogP contribution < -0.4 is 0 Å². The van der Waals surface area contributed by atoms with Gasteiger partial charge in [0.2, 0.25) is 0 Å². The molecule has 5 heteroatoms. The Bertz CT molecular complexity index is 235. The highest BCUT2D eigenvalue weighted by Gasteiger charge is 2.30. The molecule has 1 saturated heterocycles. The summed E-state index contributed by atoms with van der Waals surface area (Å²) in [5, 5.41) is 8.40. The van der Waals surface area contributed by atoms with E-state index in [9.17, 15) is 9.18 Å². The fourth-order valence-corrected chi connectivity index (χ4v) is 1.93. The fraction of sp³-hybridized carbons (Fsp3) is 0.909. The van der Waals surface area contributed by atoms with Gasteiger partial charge in [0.15, 0.2) is 0 Å². The highest BCUT2D eigenvalue weighted by Crippen LogP contribution is 2.22. The second-order valence-corrected chi connectivity index (χ2v) is 4.56. The summed E-state index contributed by atoms with van der Waals surface area (Å²) in [6, 6.07) is 0.360. The molecule has 1 fully saturated rings. The number of likely N-dealkylation sites (tertiary alicyclic amines) is 1. The molecule has 1 rings (SSSR count). The number of hydrogen-bond donors (Lipinski definition) is 1. The van der Waals surface area contributed by atoms with Crippen molar-refractivity contribution in [3.8, 4) is 0 Å². The Labute approximate surface area is 95.4 Å². The number of carbonyl (C=O) groups is 1. The smallest absolute Gasteiger partial charge is 0.329 e. The molecular weight excluding hydrogens is 213 g/mol. The van der Waals surface area contributed by atoms with Gasteiger partial charge >= 0.3 is 5.97 Å². The topological polar surface area (TPSA) is 49.8 Å². The minimum Gasteiger partial charge on any atom is -0.480 e. The lowest BCUT2D eigenvalue weighted by molar-refractivity contribution is -0.143. The van der Waals surface area contributed by atoms with Gasteiger partial charge in [-0.05, 0) is 26.8 Å². The predicted octanol–water partition coefficient (Wildman–Crippen LogP) is 1.16. The van der Waals surface area contributed by atoms with Crippen LogP contribution in [0.5, 0.6) is 0 Å². The third-order valence-electron chi connectivity index (χ3n) is 3.00. The van der Waals surface area contributed by atoms with Gasteiger partial charge < -0.3 is 9.84 Å². The van der Waals surface area contributed by atoms with Gasteiger partial charge in [0.1, 0.15) is 12.8 Å². The molecular formula is C11H20FNO3. The van der Waals surface area contributed by atoms with Crippen molar-refractivity contribution < 1.29 is 19.0 Å². The van der Waals surface area contributed by atoms with Gasteiger partial charge in [-0.1, -0.05) is 0 Å². The molecule has 0 amide bonds. The zero-order chi connectivity index (χ0) is 12.1. The molecule has 1 aliphatic rings. The van der Waals surface area contributed by atoms with E-state index in [4.69, 9.17) is 9.84 Å². The van der Waals surface area contributed by atoms with Crippen LogP contribution in [-0.4, -0.2) is 54.5 Å². The molecule has 0 radical (unpaired) electrons. The zero-order valence-electron chi connectivity index (χ0n) is 9.86. The number of carboxylic acid groups (broad SMARTS) is 1. The van der Waals surface area contributed by atoms with Crippen molar-refractivity contribution in [3.05, 3.63) is 0 Å². The molecule has 16 heavy (non-hydrogen) atoms. The first-order valence-electron chi connectivity index (χ1n) is 5.68. The lowest BCUT2D eigenvalue weighted by Crippen LogP contribution is -2.46. The first kappa shape index (κ1) is 13.4. The Morgan fingerprint density at radius 1 is 1.62 bits per heavy atom. The van der Waals surface area contributed by atoms with Gasteiger partial charge in [0, 0.05) is 18.5 Å². The molecule has 94 valence electrons. The van der Waals surface area contributed by atoms with Crippen LogP contribution in [0.2, 0.25) is 0 Å². The van der Waals surface area contributed by atoms with Crippen LogP contribution in [0, 0.1) is 5.92 Å². The molecule has 0 aliphatic carbocycles. The Morgan fingerprint density at radius 3 is 2.81 bits per heavy atom. The highest BCUT2D eigenvalue weighted by molar-refractivity contribution is 5.67. The number of halogens is 1. The summed E-state index contributed by atoms with van der Waals surface area (Å²) in [6.45, 7) is 5.26. The van der Waals surface area contributed by atoms with Gasteiger partial charge in [-0.3, -0.25) is 4.90 Å². The summed E-state index contributed by atoms with van der Waals surface area (Å²) in [7, 11) is 0. The van der Waals surface area contributed by atoms with Crippen LogP contribution in [0.4, 0.5) is 4.39 Å². The van der Waals surface area contributed by atoms with E-state index >= 15 is 0 Å². The highest BCUT2D eigenvalue weighted by atomic mass is 19.1. The maximum absolute atomic E-state index is 13.7. The van der Waals surface area contributed by atoms with Gasteiger partial charge in [0.05, 0.1) is 6.61 Å². The fourth-order valence-electron chi connectivity index (χ4n) is 1.93. The lowest BCUT2D eigenvalue weighted by Gasteiger charge is -2.36. The maximum atomic E-state index is 13.7. The van der Waals surface area contributed by atoms with Gasteiger partial charge in [-0.15, -0.1) is 0 Å². The molecule has 1 N–H and O–H groups in total. The third kappa shape index (κ3) is 4.06. The number of alkyl halides is 1. The average molecular weight is 233 g/mol. The molecule has 2 unspecified atom stereocenters. The molecule has 0 aromatic carbocycles. The van der Waals surface area contributed by atoms with Crippen LogP contribution in [0.1, 0.15) is 20.3 Å². The SMILES string of the molecule is CC(C)N1CCC(COCC(=O)O)C(F)C1. The number of piperidine rings is 1. The van der Waals surface area contributed by atoms with Crippen LogP contribution in [0.25, 0.3) is 0 Å². The number of carboxylic acids is 1. The van der Waals surface area contributed by atoms with E-state index < -0.39 is 12.1 Å².